The van der Waals surface area contributed by atoms with Crippen molar-refractivity contribution in [1.82, 2.24) is 9.55 Å². The van der Waals surface area contributed by atoms with Gasteiger partial charge >= 0.3 is 0 Å². The smallest absolute Gasteiger partial charge is 0.234 e. The first-order valence-electron chi connectivity index (χ1n) is 8.12. The summed E-state index contributed by atoms with van der Waals surface area (Å²) in [5.41, 5.74) is 4.87. The van der Waals surface area contributed by atoms with Crippen LogP contribution in [0.2, 0.25) is 0 Å². The number of aryl methyl sites for hydroxylation is 1. The van der Waals surface area contributed by atoms with Gasteiger partial charge in [-0.1, -0.05) is 0 Å². The van der Waals surface area contributed by atoms with Gasteiger partial charge in [0.25, 0.3) is 0 Å². The van der Waals surface area contributed by atoms with Crippen LogP contribution in [0, 0.1) is 0 Å². The number of carbonyl (C=O) groups is 1. The highest BCUT2D eigenvalue weighted by Crippen LogP contribution is 2.40. The monoisotopic (exact) mass is 321 g/mol. The predicted octanol–water partition coefficient (Wildman–Crippen LogP) is 3.42. The number of rotatable bonds is 2. The van der Waals surface area contributed by atoms with Crippen LogP contribution in [0.15, 0.2) is 36.4 Å². The molecule has 1 N–H and O–H groups in total. The number of aromatic hydroxyl groups is 1. The van der Waals surface area contributed by atoms with Gasteiger partial charge in [0.2, 0.25) is 5.91 Å². The van der Waals surface area contributed by atoms with Crippen LogP contribution in [0.4, 0.5) is 5.69 Å². The molecule has 0 saturated carbocycles. The molecule has 1 amide bonds. The predicted molar refractivity (Wildman–Crippen MR) is 94.3 cm³/mol. The molecule has 2 heterocycles. The normalized spacial score (nSPS) is 16.9. The highest BCUT2D eigenvalue weighted by atomic mass is 16.3. The Kier molecular flexibility index (Phi) is 3.13. The lowest BCUT2D eigenvalue weighted by Gasteiger charge is -2.14. The molecule has 1 unspecified atom stereocenters. The Morgan fingerprint density at radius 2 is 1.92 bits per heavy atom. The lowest BCUT2D eigenvalue weighted by Crippen LogP contribution is -2.27. The van der Waals surface area contributed by atoms with Crippen LogP contribution in [0.5, 0.6) is 5.75 Å². The summed E-state index contributed by atoms with van der Waals surface area (Å²) in [6.45, 7) is 4.62. The maximum absolute atomic E-state index is 12.4. The van der Waals surface area contributed by atoms with Crippen molar-refractivity contribution < 1.29 is 9.90 Å². The maximum atomic E-state index is 12.4. The molecule has 122 valence electrons. The minimum absolute atomic E-state index is 0.122. The van der Waals surface area contributed by atoms with Crippen LogP contribution in [0.25, 0.3) is 22.4 Å². The van der Waals surface area contributed by atoms with E-state index in [1.54, 1.807) is 12.1 Å². The Bertz CT molecular complexity index is 957. The Hall–Kier alpha value is -2.82. The summed E-state index contributed by atoms with van der Waals surface area (Å²) < 4.78 is 2.03. The van der Waals surface area contributed by atoms with E-state index in [-0.39, 0.29) is 17.6 Å². The van der Waals surface area contributed by atoms with Crippen molar-refractivity contribution in [3.8, 4) is 17.1 Å². The Morgan fingerprint density at radius 3 is 2.58 bits per heavy atom. The molecule has 4 rings (SSSR count). The molecule has 24 heavy (non-hydrogen) atoms. The van der Waals surface area contributed by atoms with E-state index in [1.807, 2.05) is 48.6 Å². The van der Waals surface area contributed by atoms with Gasteiger partial charge in [0, 0.05) is 24.8 Å². The van der Waals surface area contributed by atoms with Crippen molar-refractivity contribution in [2.45, 2.75) is 19.8 Å². The first-order chi connectivity index (χ1) is 11.5. The topological polar surface area (TPSA) is 58.4 Å². The molecule has 1 aromatic heterocycles. The minimum Gasteiger partial charge on any atom is -0.508 e. The SMILES string of the molecule is CCN1C(=O)C(C)c2cc3nc(-c4ccc(O)cc4)n(C)c3cc21. The summed E-state index contributed by atoms with van der Waals surface area (Å²) in [4.78, 5) is 19.0. The maximum Gasteiger partial charge on any atom is 0.234 e. The van der Waals surface area contributed by atoms with Crippen molar-refractivity contribution in [3.05, 3.63) is 42.0 Å². The van der Waals surface area contributed by atoms with Crippen LogP contribution < -0.4 is 4.90 Å². The second-order valence-corrected chi connectivity index (χ2v) is 6.25. The van der Waals surface area contributed by atoms with Crippen LogP contribution in [0.1, 0.15) is 25.3 Å². The molecule has 0 fully saturated rings. The van der Waals surface area contributed by atoms with Crippen LogP contribution in [0.3, 0.4) is 0 Å². The third-order valence-electron chi connectivity index (χ3n) is 4.86. The van der Waals surface area contributed by atoms with E-state index in [0.717, 1.165) is 33.7 Å². The van der Waals surface area contributed by atoms with Gasteiger partial charge in [-0.3, -0.25) is 4.79 Å². The van der Waals surface area contributed by atoms with Crippen LogP contribution >= 0.6 is 0 Å². The fourth-order valence-corrected chi connectivity index (χ4v) is 3.50. The van der Waals surface area contributed by atoms with Gasteiger partial charge in [-0.05, 0) is 55.8 Å². The van der Waals surface area contributed by atoms with E-state index in [2.05, 4.69) is 6.07 Å². The molecule has 3 aromatic rings. The number of anilines is 1. The zero-order valence-corrected chi connectivity index (χ0v) is 13.9. The van der Waals surface area contributed by atoms with Crippen molar-refractivity contribution in [2.24, 2.45) is 7.05 Å². The third-order valence-corrected chi connectivity index (χ3v) is 4.86. The van der Waals surface area contributed by atoms with Gasteiger partial charge in [0.05, 0.1) is 17.0 Å². The van der Waals surface area contributed by atoms with Gasteiger partial charge in [-0.15, -0.1) is 0 Å². The molecule has 1 aliphatic heterocycles. The molecular formula is C19H19N3O2. The number of hydrogen-bond donors (Lipinski definition) is 1. The van der Waals surface area contributed by atoms with E-state index in [1.165, 1.54) is 0 Å². The Morgan fingerprint density at radius 1 is 1.21 bits per heavy atom. The van der Waals surface area contributed by atoms with Crippen molar-refractivity contribution in [3.63, 3.8) is 0 Å². The van der Waals surface area contributed by atoms with Gasteiger partial charge < -0.3 is 14.6 Å². The average Bonchev–Trinajstić information content (AvgIpc) is 3.02. The number of carbonyl (C=O) groups excluding carboxylic acids is 1. The summed E-state index contributed by atoms with van der Waals surface area (Å²) in [5.74, 6) is 1.11. The van der Waals surface area contributed by atoms with Crippen molar-refractivity contribution in [1.29, 1.82) is 0 Å². The van der Waals surface area contributed by atoms with Gasteiger partial charge in [-0.25, -0.2) is 4.98 Å². The molecule has 0 bridgehead atoms. The highest BCUT2D eigenvalue weighted by Gasteiger charge is 2.34. The molecule has 0 radical (unpaired) electrons. The quantitative estimate of drug-likeness (QED) is 0.787. The number of nitrogens with zero attached hydrogens (tertiary/aromatic N) is 3. The van der Waals surface area contributed by atoms with E-state index >= 15 is 0 Å². The largest absolute Gasteiger partial charge is 0.508 e. The number of phenols is 1. The standard InChI is InChI=1S/C19H19N3O2/c1-4-22-16-10-17-15(9-14(16)11(2)19(22)24)20-18(21(17)3)12-5-7-13(23)8-6-12/h5-11,23H,4H2,1-3H3. The number of aromatic nitrogens is 2. The first kappa shape index (κ1) is 14.8. The molecule has 5 heteroatoms. The first-order valence-corrected chi connectivity index (χ1v) is 8.12. The second-order valence-electron chi connectivity index (χ2n) is 6.25. The summed E-state index contributed by atoms with van der Waals surface area (Å²) in [5, 5.41) is 9.47. The van der Waals surface area contributed by atoms with Crippen molar-refractivity contribution in [2.75, 3.05) is 11.4 Å². The lowest BCUT2D eigenvalue weighted by molar-refractivity contribution is -0.118. The summed E-state index contributed by atoms with van der Waals surface area (Å²) in [6.07, 6.45) is 0. The number of hydrogen-bond acceptors (Lipinski definition) is 3. The minimum atomic E-state index is -0.122. The number of imidazole rings is 1. The van der Waals surface area contributed by atoms with Gasteiger partial charge in [0.15, 0.2) is 0 Å². The highest BCUT2D eigenvalue weighted by molar-refractivity contribution is 6.07. The van der Waals surface area contributed by atoms with E-state index in [4.69, 9.17) is 4.98 Å². The summed E-state index contributed by atoms with van der Waals surface area (Å²) >= 11 is 0. The third kappa shape index (κ3) is 1.94. The molecule has 5 nitrogen and oxygen atoms in total. The van der Waals surface area contributed by atoms with E-state index in [9.17, 15) is 9.90 Å². The molecule has 1 aliphatic rings. The average molecular weight is 321 g/mol. The molecular weight excluding hydrogens is 302 g/mol. The lowest BCUT2D eigenvalue weighted by atomic mass is 10.0. The summed E-state index contributed by atoms with van der Waals surface area (Å²) in [6, 6.07) is 11.1. The number of amides is 1. The second kappa shape index (κ2) is 5.09. The van der Waals surface area contributed by atoms with Gasteiger partial charge in [-0.2, -0.15) is 0 Å². The van der Waals surface area contributed by atoms with E-state index < -0.39 is 0 Å². The zero-order chi connectivity index (χ0) is 17.0. The molecule has 2 aromatic carbocycles. The Balaban J connectivity index is 1.92. The number of phenolic OH excluding ortho intramolecular Hbond substituents is 1. The van der Waals surface area contributed by atoms with Crippen molar-refractivity contribution >= 4 is 22.6 Å². The van der Waals surface area contributed by atoms with Gasteiger partial charge in [0.1, 0.15) is 11.6 Å². The fourth-order valence-electron chi connectivity index (χ4n) is 3.50. The number of fused-ring (bicyclic) bond motifs is 2. The fraction of sp³-hybridized carbons (Fsp3) is 0.263. The van der Waals surface area contributed by atoms with Crippen LogP contribution in [-0.2, 0) is 11.8 Å². The zero-order valence-electron chi connectivity index (χ0n) is 13.9. The van der Waals surface area contributed by atoms with Crippen LogP contribution in [-0.4, -0.2) is 27.1 Å². The molecule has 0 aliphatic carbocycles. The Labute approximate surface area is 140 Å². The number of likely N-dealkylation sites (N-methyl/N-ethyl adjacent to an activating group) is 1. The van der Waals surface area contributed by atoms with E-state index in [0.29, 0.717) is 6.54 Å². The molecule has 0 saturated heterocycles. The molecule has 1 atom stereocenters. The number of benzene rings is 2. The summed E-state index contributed by atoms with van der Waals surface area (Å²) in [7, 11) is 1.97. The molecule has 0 spiro atoms.